The van der Waals surface area contributed by atoms with E-state index >= 15 is 0 Å². The van der Waals surface area contributed by atoms with Crippen LogP contribution >= 0.6 is 23.2 Å². The molecule has 0 aromatic heterocycles. The lowest BCUT2D eigenvalue weighted by Gasteiger charge is -2.30. The number of benzene rings is 1. The van der Waals surface area contributed by atoms with Crippen molar-refractivity contribution < 1.29 is 5.11 Å². The van der Waals surface area contributed by atoms with Crippen molar-refractivity contribution in [2.45, 2.75) is 90.9 Å². The summed E-state index contributed by atoms with van der Waals surface area (Å²) in [7, 11) is 0. The van der Waals surface area contributed by atoms with Crippen molar-refractivity contribution in [3.63, 3.8) is 0 Å². The van der Waals surface area contributed by atoms with Crippen LogP contribution in [0.25, 0.3) is 0 Å². The molecule has 2 unspecified atom stereocenters. The Morgan fingerprint density at radius 3 is 2.41 bits per heavy atom. The molecule has 1 aliphatic rings. The predicted molar refractivity (Wildman–Crippen MR) is 145 cm³/mol. The van der Waals surface area contributed by atoms with Crippen LogP contribution in [0, 0.1) is 11.8 Å². The Morgan fingerprint density at radius 1 is 1.12 bits per heavy atom. The number of hydrogen-bond acceptors (Lipinski definition) is 1. The van der Waals surface area contributed by atoms with Crippen molar-refractivity contribution in [1.82, 2.24) is 0 Å². The fourth-order valence-corrected chi connectivity index (χ4v) is 4.04. The van der Waals surface area contributed by atoms with Gasteiger partial charge in [-0.25, -0.2) is 0 Å². The molecule has 0 fully saturated rings. The zero-order valence-electron chi connectivity index (χ0n) is 20.5. The normalized spacial score (nSPS) is 17.6. The Hall–Kier alpha value is -1.46. The number of halogens is 2. The molecule has 2 rings (SSSR count). The van der Waals surface area contributed by atoms with Gasteiger partial charge in [-0.05, 0) is 67.4 Å². The molecular weight excluding hydrogens is 435 g/mol. The molecule has 0 radical (unpaired) electrons. The Balaban J connectivity index is 0.00000177. The zero-order chi connectivity index (χ0) is 24.4. The molecule has 32 heavy (non-hydrogen) atoms. The molecule has 0 aliphatic heterocycles. The number of fused-ring (bicyclic) bond motifs is 1. The Kier molecular flexibility index (Phi) is 18.2. The van der Waals surface area contributed by atoms with Gasteiger partial charge in [-0.15, -0.1) is 13.2 Å². The first-order chi connectivity index (χ1) is 15.5. The van der Waals surface area contributed by atoms with Gasteiger partial charge in [0.15, 0.2) is 0 Å². The van der Waals surface area contributed by atoms with Crippen LogP contribution in [-0.4, -0.2) is 11.7 Å². The van der Waals surface area contributed by atoms with Gasteiger partial charge in [-0.1, -0.05) is 87.7 Å². The van der Waals surface area contributed by atoms with E-state index in [1.165, 1.54) is 24.0 Å². The van der Waals surface area contributed by atoms with Gasteiger partial charge in [-0.3, -0.25) is 0 Å². The number of allylic oxidation sites excluding steroid dienone is 4. The van der Waals surface area contributed by atoms with Crippen LogP contribution in [0.15, 0.2) is 53.6 Å². The van der Waals surface area contributed by atoms with Crippen molar-refractivity contribution in [1.29, 1.82) is 0 Å². The van der Waals surface area contributed by atoms with E-state index in [1.54, 1.807) is 0 Å². The Labute approximate surface area is 207 Å². The number of aliphatic hydroxyl groups excluding tert-OH is 1. The standard InChI is InChI=1S/C24H30Cl2O.C3H8.C2H4/c1-3-8-23(25)24(26)15-13-20-12-11-19(4-2)22-17-18(10-14-21(20)22)9-6-5-7-16-27;1-3-2;1-2/h10,13-15,17,19-20,27H,3-5,7-8,11-12,16H2,1-2H3;3H2,1-2H3;1-2H2/b15-13+,24-23-;;. The second-order valence-corrected chi connectivity index (χ2v) is 8.69. The van der Waals surface area contributed by atoms with Crippen molar-refractivity contribution in [3.8, 4) is 11.8 Å². The molecule has 2 atom stereocenters. The highest BCUT2D eigenvalue weighted by molar-refractivity contribution is 6.40. The average Bonchev–Trinajstić information content (AvgIpc) is 2.81. The van der Waals surface area contributed by atoms with Crippen LogP contribution < -0.4 is 0 Å². The van der Waals surface area contributed by atoms with Gasteiger partial charge in [0.1, 0.15) is 0 Å². The topological polar surface area (TPSA) is 20.2 Å². The number of aliphatic hydroxyl groups is 1. The largest absolute Gasteiger partial charge is 0.396 e. The smallest absolute Gasteiger partial charge is 0.0548 e. The summed E-state index contributed by atoms with van der Waals surface area (Å²) in [4.78, 5) is 0. The second-order valence-electron chi connectivity index (χ2n) is 7.83. The van der Waals surface area contributed by atoms with E-state index in [-0.39, 0.29) is 6.61 Å². The first-order valence-electron chi connectivity index (χ1n) is 12.0. The predicted octanol–water partition coefficient (Wildman–Crippen LogP) is 9.45. The highest BCUT2D eigenvalue weighted by Gasteiger charge is 2.25. The van der Waals surface area contributed by atoms with Gasteiger partial charge in [0.05, 0.1) is 5.03 Å². The van der Waals surface area contributed by atoms with E-state index in [0.29, 0.717) is 16.9 Å². The SMILES string of the molecule is C=C.CCC.CCC/C(Cl)=C(Cl)\C=C\C1CCC(CC)c2cc(C#CCCCO)ccc21. The fourth-order valence-electron chi connectivity index (χ4n) is 3.62. The van der Waals surface area contributed by atoms with Crippen molar-refractivity contribution >= 4 is 23.2 Å². The molecule has 1 aromatic carbocycles. The highest BCUT2D eigenvalue weighted by Crippen LogP contribution is 2.41. The van der Waals surface area contributed by atoms with Gasteiger partial charge in [0, 0.05) is 29.5 Å². The monoisotopic (exact) mass is 476 g/mol. The summed E-state index contributed by atoms with van der Waals surface area (Å²) in [6, 6.07) is 6.61. The quantitative estimate of drug-likeness (QED) is 0.179. The van der Waals surface area contributed by atoms with E-state index < -0.39 is 0 Å². The van der Waals surface area contributed by atoms with E-state index in [1.807, 2.05) is 6.08 Å². The lowest BCUT2D eigenvalue weighted by molar-refractivity contribution is 0.290. The minimum Gasteiger partial charge on any atom is -0.396 e. The third-order valence-corrected chi connectivity index (χ3v) is 5.98. The van der Waals surface area contributed by atoms with Gasteiger partial charge < -0.3 is 5.11 Å². The molecule has 0 heterocycles. The van der Waals surface area contributed by atoms with Crippen LogP contribution in [0.3, 0.4) is 0 Å². The Morgan fingerprint density at radius 2 is 1.81 bits per heavy atom. The van der Waals surface area contributed by atoms with E-state index in [4.69, 9.17) is 28.3 Å². The number of hydrogen-bond donors (Lipinski definition) is 1. The number of rotatable bonds is 7. The molecule has 0 spiro atoms. The molecule has 0 bridgehead atoms. The van der Waals surface area contributed by atoms with Crippen LogP contribution in [0.5, 0.6) is 0 Å². The summed E-state index contributed by atoms with van der Waals surface area (Å²) in [6.45, 7) is 14.8. The van der Waals surface area contributed by atoms with Gasteiger partial charge >= 0.3 is 0 Å². The van der Waals surface area contributed by atoms with Crippen LogP contribution in [0.1, 0.15) is 108 Å². The third-order valence-electron chi connectivity index (χ3n) is 5.14. The van der Waals surface area contributed by atoms with Crippen LogP contribution in [0.2, 0.25) is 0 Å². The minimum absolute atomic E-state index is 0.198. The first kappa shape index (κ1) is 30.5. The van der Waals surface area contributed by atoms with Gasteiger partial charge in [0.2, 0.25) is 0 Å². The maximum atomic E-state index is 8.88. The maximum absolute atomic E-state index is 8.88. The average molecular weight is 478 g/mol. The molecule has 1 N–H and O–H groups in total. The lowest BCUT2D eigenvalue weighted by Crippen LogP contribution is -2.13. The Bertz CT molecular complexity index is 767. The molecule has 0 saturated carbocycles. The summed E-state index contributed by atoms with van der Waals surface area (Å²) < 4.78 is 0. The van der Waals surface area contributed by atoms with E-state index in [2.05, 4.69) is 77.0 Å². The van der Waals surface area contributed by atoms with Crippen molar-refractivity contribution in [2.24, 2.45) is 0 Å². The summed E-state index contributed by atoms with van der Waals surface area (Å²) in [5.74, 6) is 7.37. The lowest BCUT2D eigenvalue weighted by atomic mass is 9.75. The molecule has 178 valence electrons. The van der Waals surface area contributed by atoms with Crippen molar-refractivity contribution in [2.75, 3.05) is 6.61 Å². The molecule has 1 aromatic rings. The van der Waals surface area contributed by atoms with Gasteiger partial charge in [-0.2, -0.15) is 0 Å². The highest BCUT2D eigenvalue weighted by atomic mass is 35.5. The van der Waals surface area contributed by atoms with Crippen molar-refractivity contribution in [3.05, 3.63) is 70.3 Å². The zero-order valence-corrected chi connectivity index (χ0v) is 22.0. The second kappa shape index (κ2) is 19.0. The molecule has 1 nitrogen and oxygen atoms in total. The summed E-state index contributed by atoms with van der Waals surface area (Å²) in [6.07, 6.45) is 12.2. The molecule has 1 aliphatic carbocycles. The molecular formula is C29H42Cl2O. The summed E-state index contributed by atoms with van der Waals surface area (Å²) in [5.41, 5.74) is 3.88. The van der Waals surface area contributed by atoms with Crippen LogP contribution in [0.4, 0.5) is 0 Å². The minimum atomic E-state index is 0.198. The molecule has 0 amide bonds. The van der Waals surface area contributed by atoms with E-state index in [0.717, 1.165) is 49.1 Å². The van der Waals surface area contributed by atoms with E-state index in [9.17, 15) is 0 Å². The maximum Gasteiger partial charge on any atom is 0.0548 e. The third kappa shape index (κ3) is 10.9. The summed E-state index contributed by atoms with van der Waals surface area (Å²) in [5, 5.41) is 10.3. The van der Waals surface area contributed by atoms with Gasteiger partial charge in [0.25, 0.3) is 0 Å². The molecule has 3 heteroatoms. The number of unbranched alkanes of at least 4 members (excludes halogenated alkanes) is 1. The molecule has 0 saturated heterocycles. The first-order valence-corrected chi connectivity index (χ1v) is 12.7. The fraction of sp³-hybridized carbons (Fsp3) is 0.517. The summed E-state index contributed by atoms with van der Waals surface area (Å²) >= 11 is 12.6. The van der Waals surface area contributed by atoms with Crippen LogP contribution in [-0.2, 0) is 0 Å².